The van der Waals surface area contributed by atoms with Crippen LogP contribution in [0.1, 0.15) is 32.8 Å². The molecule has 0 aliphatic heterocycles. The Bertz CT molecular complexity index is 864. The third kappa shape index (κ3) is 6.30. The molecule has 3 rings (SSSR count). The van der Waals surface area contributed by atoms with Gasteiger partial charge in [0.15, 0.2) is 0 Å². The first-order valence-corrected chi connectivity index (χ1v) is 13.6. The van der Waals surface area contributed by atoms with Crippen molar-refractivity contribution in [1.82, 2.24) is 0 Å². The van der Waals surface area contributed by atoms with Gasteiger partial charge in [-0.1, -0.05) is 54.6 Å². The van der Waals surface area contributed by atoms with E-state index in [1.54, 1.807) is 0 Å². The normalized spacial score (nSPS) is 11.5. The van der Waals surface area contributed by atoms with Gasteiger partial charge in [0.05, 0.1) is 0 Å². The smallest absolute Gasteiger partial charge is 0.374 e. The molecule has 0 atom stereocenters. The summed E-state index contributed by atoms with van der Waals surface area (Å²) < 4.78 is 18.1. The van der Waals surface area contributed by atoms with Crippen LogP contribution in [0.3, 0.4) is 0 Å². The Morgan fingerprint density at radius 2 is 1.09 bits per heavy atom. The van der Waals surface area contributed by atoms with E-state index in [1.807, 2.05) is 20.8 Å². The van der Waals surface area contributed by atoms with E-state index in [4.69, 9.17) is 13.3 Å². The summed E-state index contributed by atoms with van der Waals surface area (Å²) in [6, 6.07) is 30.5. The predicted octanol–water partition coefficient (Wildman–Crippen LogP) is 7.14. The number of hydrogen-bond acceptors (Lipinski definition) is 4. The van der Waals surface area contributed by atoms with Crippen LogP contribution in [-0.2, 0) is 19.7 Å². The first-order chi connectivity index (χ1) is 15.7. The molecular weight excluding hydrogens is 414 g/mol. The van der Waals surface area contributed by atoms with Crippen molar-refractivity contribution in [3.8, 4) is 0 Å². The van der Waals surface area contributed by atoms with E-state index in [9.17, 15) is 0 Å². The van der Waals surface area contributed by atoms with Crippen LogP contribution in [-0.4, -0.2) is 28.6 Å². The van der Waals surface area contributed by atoms with E-state index in [0.29, 0.717) is 19.8 Å². The lowest BCUT2D eigenvalue weighted by Crippen LogP contribution is -2.46. The lowest BCUT2D eigenvalue weighted by atomic mass is 10.1. The molecule has 3 aromatic carbocycles. The van der Waals surface area contributed by atoms with Gasteiger partial charge in [0.25, 0.3) is 0 Å². The standard InChI is InChI=1S/C27H35NO3Si/c1-4-29-32(30-5-2,31-6-3)23-15-17-24-16-13-14-22-27(24)28(25-18-9-7-10-19-25)26-20-11-8-12-21-26/h7-14,16,18-22H,4-6,15,17,23H2,1-3H3. The molecule has 0 saturated carbocycles. The molecule has 5 heteroatoms. The molecule has 0 N–H and O–H groups in total. The SMILES string of the molecule is CCO[Si](CCCc1ccccc1N(c1ccccc1)c1ccccc1)(OCC)OCC. The van der Waals surface area contributed by atoms with Gasteiger partial charge in [0.1, 0.15) is 0 Å². The van der Waals surface area contributed by atoms with E-state index in [1.165, 1.54) is 11.3 Å². The van der Waals surface area contributed by atoms with Crippen LogP contribution in [0.25, 0.3) is 0 Å². The van der Waals surface area contributed by atoms with E-state index < -0.39 is 8.80 Å². The van der Waals surface area contributed by atoms with E-state index in [-0.39, 0.29) is 0 Å². The Morgan fingerprint density at radius 3 is 1.59 bits per heavy atom. The molecule has 0 saturated heterocycles. The molecule has 0 heterocycles. The highest BCUT2D eigenvalue weighted by Crippen LogP contribution is 2.37. The highest BCUT2D eigenvalue weighted by Gasteiger charge is 2.39. The zero-order chi connectivity index (χ0) is 22.7. The van der Waals surface area contributed by atoms with Crippen LogP contribution in [0.15, 0.2) is 84.9 Å². The Labute approximate surface area is 194 Å². The maximum Gasteiger partial charge on any atom is 0.500 e. The van der Waals surface area contributed by atoms with Crippen LogP contribution in [0.5, 0.6) is 0 Å². The molecule has 0 fully saturated rings. The van der Waals surface area contributed by atoms with Gasteiger partial charge in [-0.05, 0) is 69.5 Å². The van der Waals surface area contributed by atoms with Crippen LogP contribution in [0.4, 0.5) is 17.1 Å². The van der Waals surface area contributed by atoms with Crippen LogP contribution in [0, 0.1) is 0 Å². The number of anilines is 3. The van der Waals surface area contributed by atoms with Crippen LogP contribution < -0.4 is 4.90 Å². The van der Waals surface area contributed by atoms with Gasteiger partial charge in [-0.25, -0.2) is 0 Å². The molecule has 0 radical (unpaired) electrons. The molecule has 0 spiro atoms. The van der Waals surface area contributed by atoms with Crippen LogP contribution >= 0.6 is 0 Å². The Hall–Kier alpha value is -2.44. The molecular formula is C27H35NO3Si. The van der Waals surface area contributed by atoms with Crippen molar-refractivity contribution in [2.75, 3.05) is 24.7 Å². The summed E-state index contributed by atoms with van der Waals surface area (Å²) in [5.74, 6) is 0. The maximum atomic E-state index is 6.05. The topological polar surface area (TPSA) is 30.9 Å². The molecule has 0 aliphatic carbocycles. The molecule has 0 amide bonds. The molecule has 170 valence electrons. The second-order valence-electron chi connectivity index (χ2n) is 7.47. The summed E-state index contributed by atoms with van der Waals surface area (Å²) in [6.07, 6.45) is 1.87. The predicted molar refractivity (Wildman–Crippen MR) is 135 cm³/mol. The van der Waals surface area contributed by atoms with Crippen molar-refractivity contribution in [1.29, 1.82) is 0 Å². The molecule has 4 nitrogen and oxygen atoms in total. The number of benzene rings is 3. The van der Waals surface area contributed by atoms with Crippen molar-refractivity contribution in [3.05, 3.63) is 90.5 Å². The highest BCUT2D eigenvalue weighted by atomic mass is 28.4. The lowest BCUT2D eigenvalue weighted by Gasteiger charge is -2.29. The molecule has 32 heavy (non-hydrogen) atoms. The van der Waals surface area contributed by atoms with Gasteiger partial charge < -0.3 is 18.2 Å². The van der Waals surface area contributed by atoms with Gasteiger partial charge in [-0.3, -0.25) is 0 Å². The van der Waals surface area contributed by atoms with Crippen molar-refractivity contribution in [3.63, 3.8) is 0 Å². The molecule has 0 aliphatic rings. The average molecular weight is 450 g/mol. The van der Waals surface area contributed by atoms with Crippen molar-refractivity contribution in [2.45, 2.75) is 39.7 Å². The van der Waals surface area contributed by atoms with Gasteiger partial charge in [0, 0.05) is 42.9 Å². The van der Waals surface area contributed by atoms with E-state index >= 15 is 0 Å². The summed E-state index contributed by atoms with van der Waals surface area (Å²) in [6.45, 7) is 7.85. The minimum Gasteiger partial charge on any atom is -0.374 e. The summed E-state index contributed by atoms with van der Waals surface area (Å²) in [5.41, 5.74) is 4.79. The second-order valence-corrected chi connectivity index (χ2v) is 10.2. The van der Waals surface area contributed by atoms with Gasteiger partial charge >= 0.3 is 8.80 Å². The first-order valence-electron chi connectivity index (χ1n) is 11.6. The first kappa shape index (κ1) is 24.2. The van der Waals surface area contributed by atoms with Gasteiger partial charge in [0.2, 0.25) is 0 Å². The zero-order valence-electron chi connectivity index (χ0n) is 19.5. The number of nitrogens with zero attached hydrogens (tertiary/aromatic N) is 1. The number of aryl methyl sites for hydroxylation is 1. The quantitative estimate of drug-likeness (QED) is 0.260. The minimum absolute atomic E-state index is 0.610. The van der Waals surface area contributed by atoms with Gasteiger partial charge in [-0.15, -0.1) is 0 Å². The Morgan fingerprint density at radius 1 is 0.625 bits per heavy atom. The highest BCUT2D eigenvalue weighted by molar-refractivity contribution is 6.60. The number of rotatable bonds is 13. The number of hydrogen-bond donors (Lipinski definition) is 0. The zero-order valence-corrected chi connectivity index (χ0v) is 20.5. The van der Waals surface area contributed by atoms with E-state index in [2.05, 4.69) is 89.8 Å². The minimum atomic E-state index is -2.64. The monoisotopic (exact) mass is 449 g/mol. The fraction of sp³-hybridized carbons (Fsp3) is 0.333. The second kappa shape index (κ2) is 12.6. The largest absolute Gasteiger partial charge is 0.500 e. The number of para-hydroxylation sites is 3. The summed E-state index contributed by atoms with van der Waals surface area (Å²) in [5, 5.41) is 0. The fourth-order valence-electron chi connectivity index (χ4n) is 4.02. The van der Waals surface area contributed by atoms with E-state index in [0.717, 1.165) is 30.3 Å². The average Bonchev–Trinajstić information content (AvgIpc) is 2.82. The summed E-state index contributed by atoms with van der Waals surface area (Å²) >= 11 is 0. The Kier molecular flexibility index (Phi) is 9.50. The fourth-order valence-corrected chi connectivity index (χ4v) is 6.63. The molecule has 0 aromatic heterocycles. The molecule has 3 aromatic rings. The van der Waals surface area contributed by atoms with Crippen molar-refractivity contribution in [2.24, 2.45) is 0 Å². The Balaban J connectivity index is 1.87. The maximum absolute atomic E-state index is 6.05. The van der Waals surface area contributed by atoms with Crippen molar-refractivity contribution >= 4 is 25.9 Å². The third-order valence-corrected chi connectivity index (χ3v) is 8.43. The van der Waals surface area contributed by atoms with Crippen molar-refractivity contribution < 1.29 is 13.3 Å². The molecule has 0 bridgehead atoms. The summed E-state index contributed by atoms with van der Waals surface area (Å²) in [4.78, 5) is 2.33. The summed E-state index contributed by atoms with van der Waals surface area (Å²) in [7, 11) is -2.64. The third-order valence-electron chi connectivity index (χ3n) is 5.28. The van der Waals surface area contributed by atoms with Crippen LogP contribution in [0.2, 0.25) is 6.04 Å². The molecule has 0 unspecified atom stereocenters. The van der Waals surface area contributed by atoms with Gasteiger partial charge in [-0.2, -0.15) is 0 Å². The lowest BCUT2D eigenvalue weighted by molar-refractivity contribution is 0.0708.